The van der Waals surface area contributed by atoms with Gasteiger partial charge in [0.2, 0.25) is 5.88 Å². The zero-order valence-corrected chi connectivity index (χ0v) is 16.2. The van der Waals surface area contributed by atoms with E-state index in [4.69, 9.17) is 9.84 Å². The number of rotatable bonds is 6. The van der Waals surface area contributed by atoms with Crippen molar-refractivity contribution in [2.45, 2.75) is 19.1 Å². The maximum absolute atomic E-state index is 13.8. The van der Waals surface area contributed by atoms with Gasteiger partial charge >= 0.3 is 6.18 Å². The van der Waals surface area contributed by atoms with Gasteiger partial charge in [-0.05, 0) is 36.8 Å². The molecule has 3 rings (SSSR count). The fourth-order valence-corrected chi connectivity index (χ4v) is 2.61. The van der Waals surface area contributed by atoms with Crippen LogP contribution in [-0.4, -0.2) is 33.6 Å². The first-order valence-corrected chi connectivity index (χ1v) is 9.05. The first-order valence-electron chi connectivity index (χ1n) is 9.05. The quantitative estimate of drug-likeness (QED) is 0.567. The zero-order valence-electron chi connectivity index (χ0n) is 16.2. The van der Waals surface area contributed by atoms with Gasteiger partial charge in [0.05, 0.1) is 23.9 Å². The van der Waals surface area contributed by atoms with Gasteiger partial charge in [0.15, 0.2) is 0 Å². The molecule has 162 valence electrons. The highest BCUT2D eigenvalue weighted by molar-refractivity contribution is 5.95. The Labute approximate surface area is 174 Å². The van der Waals surface area contributed by atoms with Gasteiger partial charge in [-0.3, -0.25) is 9.78 Å². The van der Waals surface area contributed by atoms with E-state index in [-0.39, 0.29) is 29.4 Å². The van der Waals surface area contributed by atoms with Crippen LogP contribution in [0, 0.1) is 5.82 Å². The van der Waals surface area contributed by atoms with Crippen molar-refractivity contribution in [2.24, 2.45) is 0 Å². The Bertz CT molecular complexity index is 1090. The second-order valence-electron chi connectivity index (χ2n) is 6.65. The minimum Gasteiger partial charge on any atom is -0.437 e. The number of aromatic nitrogens is 2. The van der Waals surface area contributed by atoms with E-state index in [2.05, 4.69) is 15.3 Å². The Hall–Kier alpha value is -3.53. The minimum atomic E-state index is -4.61. The topological polar surface area (TPSA) is 84.3 Å². The van der Waals surface area contributed by atoms with Crippen molar-refractivity contribution < 1.29 is 32.2 Å². The summed E-state index contributed by atoms with van der Waals surface area (Å²) in [4.78, 5) is 20.0. The Kier molecular flexibility index (Phi) is 6.50. The molecule has 2 N–H and O–H groups in total. The van der Waals surface area contributed by atoms with Crippen molar-refractivity contribution in [2.75, 3.05) is 6.61 Å². The van der Waals surface area contributed by atoms with E-state index in [1.165, 1.54) is 36.5 Å². The lowest BCUT2D eigenvalue weighted by atomic mass is 10.0. The number of hydrogen-bond donors (Lipinski definition) is 2. The number of pyridine rings is 2. The van der Waals surface area contributed by atoms with Crippen LogP contribution >= 0.6 is 0 Å². The van der Waals surface area contributed by atoms with Crippen LogP contribution in [0.2, 0.25) is 0 Å². The summed E-state index contributed by atoms with van der Waals surface area (Å²) in [7, 11) is 0. The standard InChI is InChI=1S/C21H17F4N3O3/c1-12(11-29)28-19(30)14-6-18(13-3-2-4-16(22)5-13)20(27-8-14)31-17-7-15(9-26-10-17)21(23,24)25/h2-10,12,29H,11H2,1H3,(H,28,30)/t12-/m1/s1. The lowest BCUT2D eigenvalue weighted by molar-refractivity contribution is -0.137. The fraction of sp³-hybridized carbons (Fsp3) is 0.190. The number of ether oxygens (including phenoxy) is 1. The third-order valence-corrected chi connectivity index (χ3v) is 4.16. The number of nitrogens with one attached hydrogen (secondary N) is 1. The molecule has 0 fully saturated rings. The molecule has 1 aromatic carbocycles. The average molecular weight is 435 g/mol. The van der Waals surface area contributed by atoms with Gasteiger partial charge in [0, 0.05) is 24.0 Å². The number of nitrogens with zero attached hydrogens (tertiary/aromatic N) is 2. The lowest BCUT2D eigenvalue weighted by Gasteiger charge is -2.14. The molecule has 6 nitrogen and oxygen atoms in total. The third kappa shape index (κ3) is 5.54. The molecule has 2 heterocycles. The van der Waals surface area contributed by atoms with Gasteiger partial charge < -0.3 is 15.2 Å². The molecule has 0 saturated carbocycles. The molecular weight excluding hydrogens is 418 g/mol. The Balaban J connectivity index is 2.02. The van der Waals surface area contributed by atoms with Gasteiger partial charge in [-0.2, -0.15) is 13.2 Å². The number of amides is 1. The number of halogens is 4. The van der Waals surface area contributed by atoms with Crippen molar-refractivity contribution in [3.05, 3.63) is 71.9 Å². The fourth-order valence-electron chi connectivity index (χ4n) is 2.61. The summed E-state index contributed by atoms with van der Waals surface area (Å²) in [5.74, 6) is -1.48. The average Bonchev–Trinajstić information content (AvgIpc) is 2.73. The molecule has 0 saturated heterocycles. The highest BCUT2D eigenvalue weighted by atomic mass is 19.4. The van der Waals surface area contributed by atoms with Crippen LogP contribution in [0.5, 0.6) is 11.6 Å². The molecule has 0 aliphatic carbocycles. The van der Waals surface area contributed by atoms with Gasteiger partial charge in [-0.1, -0.05) is 12.1 Å². The zero-order chi connectivity index (χ0) is 22.6. The maximum atomic E-state index is 13.8. The molecule has 0 radical (unpaired) electrons. The monoisotopic (exact) mass is 435 g/mol. The molecule has 3 aromatic rings. The number of benzene rings is 1. The van der Waals surface area contributed by atoms with Crippen LogP contribution < -0.4 is 10.1 Å². The van der Waals surface area contributed by atoms with Crippen LogP contribution in [0.1, 0.15) is 22.8 Å². The third-order valence-electron chi connectivity index (χ3n) is 4.16. The second kappa shape index (κ2) is 9.09. The summed E-state index contributed by atoms with van der Waals surface area (Å²) in [5.41, 5.74) is -0.436. The first-order chi connectivity index (χ1) is 14.7. The summed E-state index contributed by atoms with van der Waals surface area (Å²) in [6, 6.07) is 6.97. The van der Waals surface area contributed by atoms with E-state index in [0.717, 1.165) is 12.3 Å². The lowest BCUT2D eigenvalue weighted by Crippen LogP contribution is -2.35. The maximum Gasteiger partial charge on any atom is 0.418 e. The molecule has 0 unspecified atom stereocenters. The van der Waals surface area contributed by atoms with Gasteiger partial charge in [-0.15, -0.1) is 0 Å². The summed E-state index contributed by atoms with van der Waals surface area (Å²) >= 11 is 0. The van der Waals surface area contributed by atoms with Crippen molar-refractivity contribution in [1.82, 2.24) is 15.3 Å². The molecule has 0 aliphatic heterocycles. The normalized spacial score (nSPS) is 12.3. The summed E-state index contributed by atoms with van der Waals surface area (Å²) < 4.78 is 58.1. The Morgan fingerprint density at radius 3 is 2.65 bits per heavy atom. The number of carbonyl (C=O) groups is 1. The number of aliphatic hydroxyl groups is 1. The Morgan fingerprint density at radius 2 is 1.97 bits per heavy atom. The molecule has 2 aromatic heterocycles. The second-order valence-corrected chi connectivity index (χ2v) is 6.65. The summed E-state index contributed by atoms with van der Waals surface area (Å²) in [5, 5.41) is 11.7. The van der Waals surface area contributed by atoms with Crippen molar-refractivity contribution in [1.29, 1.82) is 0 Å². The predicted octanol–water partition coefficient (Wildman–Crippen LogP) is 4.20. The van der Waals surface area contributed by atoms with E-state index >= 15 is 0 Å². The van der Waals surface area contributed by atoms with Crippen LogP contribution in [0.25, 0.3) is 11.1 Å². The SMILES string of the molecule is C[C@H](CO)NC(=O)c1cnc(Oc2cncc(C(F)(F)F)c2)c(-c2cccc(F)c2)c1. The van der Waals surface area contributed by atoms with E-state index in [9.17, 15) is 22.4 Å². The smallest absolute Gasteiger partial charge is 0.418 e. The van der Waals surface area contributed by atoms with Crippen LogP contribution in [0.3, 0.4) is 0 Å². The highest BCUT2D eigenvalue weighted by Gasteiger charge is 2.31. The van der Waals surface area contributed by atoms with E-state index in [1.54, 1.807) is 6.92 Å². The van der Waals surface area contributed by atoms with Crippen molar-refractivity contribution >= 4 is 5.91 Å². The molecule has 0 bridgehead atoms. The summed E-state index contributed by atoms with van der Waals surface area (Å²) in [6.45, 7) is 1.32. The van der Waals surface area contributed by atoms with E-state index in [0.29, 0.717) is 11.8 Å². The first kappa shape index (κ1) is 22.2. The van der Waals surface area contributed by atoms with Crippen LogP contribution in [0.15, 0.2) is 55.0 Å². The minimum absolute atomic E-state index is 0.0917. The number of hydrogen-bond acceptors (Lipinski definition) is 5. The summed E-state index contributed by atoms with van der Waals surface area (Å²) in [6.07, 6.45) is -1.71. The van der Waals surface area contributed by atoms with E-state index < -0.39 is 29.5 Å². The molecule has 31 heavy (non-hydrogen) atoms. The predicted molar refractivity (Wildman–Crippen MR) is 103 cm³/mol. The number of aliphatic hydroxyl groups excluding tert-OH is 1. The van der Waals surface area contributed by atoms with Crippen LogP contribution in [-0.2, 0) is 6.18 Å². The molecule has 1 atom stereocenters. The largest absolute Gasteiger partial charge is 0.437 e. The van der Waals surface area contributed by atoms with Crippen molar-refractivity contribution in [3.8, 4) is 22.8 Å². The Morgan fingerprint density at radius 1 is 1.19 bits per heavy atom. The molecule has 0 aliphatic rings. The highest BCUT2D eigenvalue weighted by Crippen LogP contribution is 2.35. The molecule has 0 spiro atoms. The van der Waals surface area contributed by atoms with Crippen LogP contribution in [0.4, 0.5) is 17.6 Å². The number of alkyl halides is 3. The molecule has 1 amide bonds. The number of carbonyl (C=O) groups excluding carboxylic acids is 1. The molecular formula is C21H17F4N3O3. The van der Waals surface area contributed by atoms with Gasteiger partial charge in [-0.25, -0.2) is 9.37 Å². The van der Waals surface area contributed by atoms with Gasteiger partial charge in [0.25, 0.3) is 5.91 Å². The molecule has 10 heteroatoms. The van der Waals surface area contributed by atoms with Gasteiger partial charge in [0.1, 0.15) is 11.6 Å². The van der Waals surface area contributed by atoms with E-state index in [1.807, 2.05) is 0 Å². The van der Waals surface area contributed by atoms with Crippen molar-refractivity contribution in [3.63, 3.8) is 0 Å².